The van der Waals surface area contributed by atoms with Gasteiger partial charge in [-0.05, 0) is 55.6 Å². The van der Waals surface area contributed by atoms with Crippen molar-refractivity contribution < 1.29 is 0 Å². The SMILES string of the molecule is CN(C)CC(C)(C)CNC1CCc2cc(N)ccc21. The van der Waals surface area contributed by atoms with Crippen molar-refractivity contribution in [1.82, 2.24) is 10.2 Å². The molecule has 0 amide bonds. The van der Waals surface area contributed by atoms with Gasteiger partial charge in [0.1, 0.15) is 0 Å². The monoisotopic (exact) mass is 261 g/mol. The first-order valence-electron chi connectivity index (χ1n) is 7.14. The minimum Gasteiger partial charge on any atom is -0.399 e. The summed E-state index contributed by atoms with van der Waals surface area (Å²) in [5.41, 5.74) is 9.88. The molecule has 1 aliphatic rings. The largest absolute Gasteiger partial charge is 0.399 e. The minimum atomic E-state index is 0.292. The molecule has 0 fully saturated rings. The number of nitrogen functional groups attached to an aromatic ring is 1. The van der Waals surface area contributed by atoms with Crippen molar-refractivity contribution in [1.29, 1.82) is 0 Å². The van der Waals surface area contributed by atoms with E-state index in [0.29, 0.717) is 11.5 Å². The van der Waals surface area contributed by atoms with Gasteiger partial charge in [-0.2, -0.15) is 0 Å². The molecule has 1 aromatic carbocycles. The number of nitrogens with zero attached hydrogens (tertiary/aromatic N) is 1. The van der Waals surface area contributed by atoms with Crippen molar-refractivity contribution in [3.05, 3.63) is 29.3 Å². The zero-order valence-corrected chi connectivity index (χ0v) is 12.7. The maximum Gasteiger partial charge on any atom is 0.0326 e. The highest BCUT2D eigenvalue weighted by Crippen LogP contribution is 2.32. The van der Waals surface area contributed by atoms with E-state index in [1.54, 1.807) is 0 Å². The van der Waals surface area contributed by atoms with Crippen molar-refractivity contribution in [3.63, 3.8) is 0 Å². The lowest BCUT2D eigenvalue weighted by molar-refractivity contribution is 0.225. The summed E-state index contributed by atoms with van der Waals surface area (Å²) in [6.45, 7) is 6.78. The van der Waals surface area contributed by atoms with Crippen LogP contribution in [0.2, 0.25) is 0 Å². The van der Waals surface area contributed by atoms with E-state index in [4.69, 9.17) is 5.73 Å². The quantitative estimate of drug-likeness (QED) is 0.800. The fraction of sp³-hybridized carbons (Fsp3) is 0.625. The van der Waals surface area contributed by atoms with Gasteiger partial charge in [0.2, 0.25) is 0 Å². The number of rotatable bonds is 5. The molecule has 0 saturated carbocycles. The van der Waals surface area contributed by atoms with Gasteiger partial charge in [0, 0.05) is 24.8 Å². The average Bonchev–Trinajstić information content (AvgIpc) is 2.67. The van der Waals surface area contributed by atoms with E-state index in [9.17, 15) is 0 Å². The summed E-state index contributed by atoms with van der Waals surface area (Å²) >= 11 is 0. The van der Waals surface area contributed by atoms with Gasteiger partial charge in [0.25, 0.3) is 0 Å². The minimum absolute atomic E-state index is 0.292. The Morgan fingerprint density at radius 2 is 2.11 bits per heavy atom. The van der Waals surface area contributed by atoms with Gasteiger partial charge in [0.05, 0.1) is 0 Å². The molecule has 0 bridgehead atoms. The zero-order chi connectivity index (χ0) is 14.0. The van der Waals surface area contributed by atoms with Crippen LogP contribution in [-0.4, -0.2) is 32.1 Å². The van der Waals surface area contributed by atoms with Gasteiger partial charge >= 0.3 is 0 Å². The van der Waals surface area contributed by atoms with Crippen molar-refractivity contribution >= 4 is 5.69 Å². The molecule has 1 aliphatic carbocycles. The summed E-state index contributed by atoms with van der Waals surface area (Å²) in [5, 5.41) is 3.74. The van der Waals surface area contributed by atoms with Crippen molar-refractivity contribution in [3.8, 4) is 0 Å². The lowest BCUT2D eigenvalue weighted by atomic mass is 9.92. The number of fused-ring (bicyclic) bond motifs is 1. The molecular formula is C16H27N3. The summed E-state index contributed by atoms with van der Waals surface area (Å²) in [6, 6.07) is 6.83. The lowest BCUT2D eigenvalue weighted by Crippen LogP contribution is -2.38. The van der Waals surface area contributed by atoms with E-state index in [0.717, 1.165) is 25.2 Å². The Bertz CT molecular complexity index is 438. The van der Waals surface area contributed by atoms with Gasteiger partial charge in [-0.1, -0.05) is 19.9 Å². The molecule has 1 aromatic rings. The highest BCUT2D eigenvalue weighted by molar-refractivity contribution is 5.47. The second-order valence-corrected chi connectivity index (χ2v) is 6.83. The molecule has 0 heterocycles. The number of nitrogens with two attached hydrogens (primary N) is 1. The highest BCUT2D eigenvalue weighted by Gasteiger charge is 2.25. The van der Waals surface area contributed by atoms with Gasteiger partial charge in [-0.25, -0.2) is 0 Å². The fourth-order valence-corrected chi connectivity index (χ4v) is 3.16. The van der Waals surface area contributed by atoms with Gasteiger partial charge in [-0.3, -0.25) is 0 Å². The summed E-state index contributed by atoms with van der Waals surface area (Å²) in [5.74, 6) is 0. The summed E-state index contributed by atoms with van der Waals surface area (Å²) in [6.07, 6.45) is 2.34. The van der Waals surface area contributed by atoms with Crippen LogP contribution in [0.15, 0.2) is 18.2 Å². The topological polar surface area (TPSA) is 41.3 Å². The second kappa shape index (κ2) is 5.51. The standard InChI is InChI=1S/C16H27N3/c1-16(2,11-19(3)4)10-18-15-8-5-12-9-13(17)6-7-14(12)15/h6-7,9,15,18H,5,8,10-11,17H2,1-4H3. The first-order chi connectivity index (χ1) is 8.87. The van der Waals surface area contributed by atoms with E-state index in [-0.39, 0.29) is 0 Å². The van der Waals surface area contributed by atoms with Crippen LogP contribution in [0, 0.1) is 5.41 Å². The van der Waals surface area contributed by atoms with Crippen LogP contribution in [0.25, 0.3) is 0 Å². The maximum absolute atomic E-state index is 5.85. The highest BCUT2D eigenvalue weighted by atomic mass is 15.1. The molecule has 0 spiro atoms. The molecule has 1 unspecified atom stereocenters. The number of hydrogen-bond donors (Lipinski definition) is 2. The van der Waals surface area contributed by atoms with Crippen molar-refractivity contribution in [2.24, 2.45) is 5.41 Å². The fourth-order valence-electron chi connectivity index (χ4n) is 3.16. The van der Waals surface area contributed by atoms with Gasteiger partial charge < -0.3 is 16.0 Å². The first kappa shape index (κ1) is 14.4. The smallest absolute Gasteiger partial charge is 0.0326 e. The number of hydrogen-bond acceptors (Lipinski definition) is 3. The third-order valence-corrected chi connectivity index (χ3v) is 3.82. The van der Waals surface area contributed by atoms with E-state index >= 15 is 0 Å². The molecule has 106 valence electrons. The third-order valence-electron chi connectivity index (χ3n) is 3.82. The van der Waals surface area contributed by atoms with Crippen molar-refractivity contribution in [2.75, 3.05) is 32.9 Å². The molecule has 1 atom stereocenters. The Morgan fingerprint density at radius 1 is 1.37 bits per heavy atom. The molecule has 3 nitrogen and oxygen atoms in total. The molecule has 3 heteroatoms. The van der Waals surface area contributed by atoms with Crippen LogP contribution in [0.1, 0.15) is 37.4 Å². The van der Waals surface area contributed by atoms with Crippen LogP contribution in [-0.2, 0) is 6.42 Å². The van der Waals surface area contributed by atoms with E-state index < -0.39 is 0 Å². The Morgan fingerprint density at radius 3 is 2.79 bits per heavy atom. The number of benzene rings is 1. The summed E-state index contributed by atoms with van der Waals surface area (Å²) in [7, 11) is 4.27. The number of anilines is 1. The molecular weight excluding hydrogens is 234 g/mol. The molecule has 0 aliphatic heterocycles. The van der Waals surface area contributed by atoms with Crippen molar-refractivity contribution in [2.45, 2.75) is 32.7 Å². The predicted molar refractivity (Wildman–Crippen MR) is 82.3 cm³/mol. The molecule has 0 aromatic heterocycles. The zero-order valence-electron chi connectivity index (χ0n) is 12.7. The number of aryl methyl sites for hydroxylation is 1. The van der Waals surface area contributed by atoms with Crippen LogP contribution in [0.4, 0.5) is 5.69 Å². The Labute approximate surface area is 117 Å². The molecule has 0 radical (unpaired) electrons. The Balaban J connectivity index is 1.96. The summed E-state index contributed by atoms with van der Waals surface area (Å²) < 4.78 is 0. The predicted octanol–water partition coefficient (Wildman–Crippen LogP) is 2.43. The third kappa shape index (κ3) is 3.71. The van der Waals surface area contributed by atoms with Crippen LogP contribution in [0.5, 0.6) is 0 Å². The molecule has 19 heavy (non-hydrogen) atoms. The molecule has 2 rings (SSSR count). The summed E-state index contributed by atoms with van der Waals surface area (Å²) in [4.78, 5) is 2.25. The first-order valence-corrected chi connectivity index (χ1v) is 7.14. The van der Waals surface area contributed by atoms with Gasteiger partial charge in [0.15, 0.2) is 0 Å². The second-order valence-electron chi connectivity index (χ2n) is 6.83. The molecule has 0 saturated heterocycles. The van der Waals surface area contributed by atoms with Crippen LogP contribution < -0.4 is 11.1 Å². The normalized spacial score (nSPS) is 18.9. The van der Waals surface area contributed by atoms with E-state index in [2.05, 4.69) is 50.3 Å². The lowest BCUT2D eigenvalue weighted by Gasteiger charge is -2.30. The Hall–Kier alpha value is -1.06. The Kier molecular flexibility index (Phi) is 4.16. The van der Waals surface area contributed by atoms with Crippen LogP contribution in [0.3, 0.4) is 0 Å². The van der Waals surface area contributed by atoms with E-state index in [1.807, 2.05) is 6.07 Å². The maximum atomic E-state index is 5.85. The average molecular weight is 261 g/mol. The molecule has 3 N–H and O–H groups in total. The van der Waals surface area contributed by atoms with Gasteiger partial charge in [-0.15, -0.1) is 0 Å². The van der Waals surface area contributed by atoms with Crippen LogP contribution >= 0.6 is 0 Å². The van der Waals surface area contributed by atoms with E-state index in [1.165, 1.54) is 17.5 Å². The number of nitrogens with one attached hydrogen (secondary N) is 1.